The molecule has 0 amide bonds. The van der Waals surface area contributed by atoms with E-state index in [-0.39, 0.29) is 34.7 Å². The maximum Gasteiger partial charge on any atom is 0.0714 e. The molecule has 0 aliphatic heterocycles. The molecule has 0 radical (unpaired) electrons. The average molecular weight is 322 g/mol. The van der Waals surface area contributed by atoms with Gasteiger partial charge in [-0.05, 0) is 60.2 Å². The first-order chi connectivity index (χ1) is 10.6. The summed E-state index contributed by atoms with van der Waals surface area (Å²) >= 11 is 0. The zero-order chi connectivity index (χ0) is 17.1. The standard InChI is InChI=1S/C20H34O3/c1-5-17(2)10-7-15-19(4)9-6-8-18(3,13-21)16(19)14(22)11-20(15,23)12-17/h5,14-16,21-23H,1,6-13H2,2-4H3/t14-,15+,16?,17-,18-,19+,20-/m0/s1. The summed E-state index contributed by atoms with van der Waals surface area (Å²) in [5, 5.41) is 32.5. The van der Waals surface area contributed by atoms with Crippen LogP contribution in [0.15, 0.2) is 12.7 Å². The molecule has 23 heavy (non-hydrogen) atoms. The molecule has 3 nitrogen and oxygen atoms in total. The van der Waals surface area contributed by atoms with E-state index in [0.29, 0.717) is 12.8 Å². The van der Waals surface area contributed by atoms with Crippen LogP contribution >= 0.6 is 0 Å². The Hall–Kier alpha value is -0.380. The summed E-state index contributed by atoms with van der Waals surface area (Å²) in [5.74, 6) is 0.287. The first-order valence-corrected chi connectivity index (χ1v) is 9.27. The Balaban J connectivity index is 2.01. The molecule has 0 aromatic rings. The van der Waals surface area contributed by atoms with Gasteiger partial charge in [0.2, 0.25) is 0 Å². The van der Waals surface area contributed by atoms with E-state index in [0.717, 1.165) is 32.1 Å². The van der Waals surface area contributed by atoms with Crippen molar-refractivity contribution in [1.29, 1.82) is 0 Å². The number of aliphatic hydroxyl groups excluding tert-OH is 2. The van der Waals surface area contributed by atoms with Crippen LogP contribution in [-0.4, -0.2) is 33.6 Å². The van der Waals surface area contributed by atoms with Crippen LogP contribution in [0, 0.1) is 28.1 Å². The van der Waals surface area contributed by atoms with Gasteiger partial charge < -0.3 is 15.3 Å². The number of hydrogen-bond acceptors (Lipinski definition) is 3. The van der Waals surface area contributed by atoms with Crippen LogP contribution in [0.5, 0.6) is 0 Å². The molecule has 3 aliphatic carbocycles. The second kappa shape index (κ2) is 5.31. The summed E-state index contributed by atoms with van der Waals surface area (Å²) in [4.78, 5) is 0. The largest absolute Gasteiger partial charge is 0.396 e. The fourth-order valence-electron chi connectivity index (χ4n) is 6.92. The first-order valence-electron chi connectivity index (χ1n) is 9.27. The van der Waals surface area contributed by atoms with E-state index in [4.69, 9.17) is 0 Å². The highest BCUT2D eigenvalue weighted by Crippen LogP contribution is 2.66. The lowest BCUT2D eigenvalue weighted by Crippen LogP contribution is -2.66. The lowest BCUT2D eigenvalue weighted by atomic mass is 9.41. The second-order valence-electron chi connectivity index (χ2n) is 9.65. The van der Waals surface area contributed by atoms with Gasteiger partial charge in [-0.15, -0.1) is 6.58 Å². The quantitative estimate of drug-likeness (QED) is 0.684. The molecule has 1 unspecified atom stereocenters. The zero-order valence-electron chi connectivity index (χ0n) is 15.0. The van der Waals surface area contributed by atoms with Crippen LogP contribution in [0.4, 0.5) is 0 Å². The van der Waals surface area contributed by atoms with Crippen molar-refractivity contribution in [2.24, 2.45) is 28.1 Å². The summed E-state index contributed by atoms with van der Waals surface area (Å²) in [6, 6.07) is 0. The van der Waals surface area contributed by atoms with E-state index in [1.54, 1.807) is 0 Å². The highest BCUT2D eigenvalue weighted by atomic mass is 16.3. The van der Waals surface area contributed by atoms with Gasteiger partial charge in [-0.1, -0.05) is 33.3 Å². The van der Waals surface area contributed by atoms with Crippen molar-refractivity contribution < 1.29 is 15.3 Å². The first kappa shape index (κ1) is 17.4. The van der Waals surface area contributed by atoms with Crippen molar-refractivity contribution in [2.45, 2.75) is 77.4 Å². The van der Waals surface area contributed by atoms with Crippen molar-refractivity contribution in [2.75, 3.05) is 6.61 Å². The van der Waals surface area contributed by atoms with Crippen LogP contribution in [0.1, 0.15) is 65.7 Å². The summed E-state index contributed by atoms with van der Waals surface area (Å²) in [7, 11) is 0. The maximum absolute atomic E-state index is 11.5. The SMILES string of the molecule is C=C[C@@]1(C)CC[C@H]2[C@](O)(C[C@H](O)C3[C@](C)(CO)CCC[C@@]32C)C1. The monoisotopic (exact) mass is 322 g/mol. The highest BCUT2D eigenvalue weighted by molar-refractivity contribution is 5.16. The minimum atomic E-state index is -0.806. The molecule has 3 fully saturated rings. The molecule has 0 aromatic carbocycles. The topological polar surface area (TPSA) is 60.7 Å². The summed E-state index contributed by atoms with van der Waals surface area (Å²) in [6.45, 7) is 10.7. The van der Waals surface area contributed by atoms with Gasteiger partial charge in [-0.2, -0.15) is 0 Å². The molecule has 3 heteroatoms. The molecule has 0 spiro atoms. The van der Waals surface area contributed by atoms with E-state index >= 15 is 0 Å². The van der Waals surface area contributed by atoms with Crippen LogP contribution in [0.2, 0.25) is 0 Å². The number of hydrogen-bond donors (Lipinski definition) is 3. The molecular formula is C20H34O3. The molecule has 3 N–H and O–H groups in total. The predicted octanol–water partition coefficient (Wildman–Crippen LogP) is 3.28. The Morgan fingerprint density at radius 2 is 1.87 bits per heavy atom. The van der Waals surface area contributed by atoms with Crippen molar-refractivity contribution >= 4 is 0 Å². The lowest BCUT2D eigenvalue weighted by molar-refractivity contribution is -0.246. The van der Waals surface area contributed by atoms with Gasteiger partial charge in [-0.3, -0.25) is 0 Å². The van der Waals surface area contributed by atoms with Gasteiger partial charge in [0, 0.05) is 13.0 Å². The van der Waals surface area contributed by atoms with Gasteiger partial charge >= 0.3 is 0 Å². The van der Waals surface area contributed by atoms with E-state index in [9.17, 15) is 15.3 Å². The van der Waals surface area contributed by atoms with Crippen LogP contribution < -0.4 is 0 Å². The lowest BCUT2D eigenvalue weighted by Gasteiger charge is -2.66. The Bertz CT molecular complexity index is 491. The average Bonchev–Trinajstić information content (AvgIpc) is 2.45. The summed E-state index contributed by atoms with van der Waals surface area (Å²) < 4.78 is 0. The van der Waals surface area contributed by atoms with Crippen LogP contribution in [0.25, 0.3) is 0 Å². The maximum atomic E-state index is 11.5. The minimum Gasteiger partial charge on any atom is -0.396 e. The molecule has 3 rings (SSSR count). The van der Waals surface area contributed by atoms with Crippen molar-refractivity contribution in [1.82, 2.24) is 0 Å². The summed E-state index contributed by atoms with van der Waals surface area (Å²) in [6.07, 6.45) is 7.71. The third kappa shape index (κ3) is 2.42. The number of allylic oxidation sites excluding steroid dienone is 1. The Morgan fingerprint density at radius 1 is 1.17 bits per heavy atom. The van der Waals surface area contributed by atoms with Gasteiger partial charge in [0.05, 0.1) is 11.7 Å². The summed E-state index contributed by atoms with van der Waals surface area (Å²) in [5.41, 5.74) is -1.17. The number of aliphatic hydroxyl groups is 3. The van der Waals surface area contributed by atoms with Gasteiger partial charge in [0.15, 0.2) is 0 Å². The highest BCUT2D eigenvalue weighted by Gasteiger charge is 2.65. The van der Waals surface area contributed by atoms with Crippen molar-refractivity contribution in [3.63, 3.8) is 0 Å². The van der Waals surface area contributed by atoms with Crippen molar-refractivity contribution in [3.05, 3.63) is 12.7 Å². The van der Waals surface area contributed by atoms with Crippen molar-refractivity contribution in [3.8, 4) is 0 Å². The molecule has 3 saturated carbocycles. The predicted molar refractivity (Wildman–Crippen MR) is 91.9 cm³/mol. The Morgan fingerprint density at radius 3 is 2.48 bits per heavy atom. The normalized spacial score (nSPS) is 56.5. The third-order valence-corrected chi connectivity index (χ3v) is 7.88. The van der Waals surface area contributed by atoms with Gasteiger partial charge in [0.25, 0.3) is 0 Å². The zero-order valence-corrected chi connectivity index (χ0v) is 15.0. The molecule has 0 aromatic heterocycles. The Kier molecular flexibility index (Phi) is 4.02. The second-order valence-corrected chi connectivity index (χ2v) is 9.65. The van der Waals surface area contributed by atoms with Crippen LogP contribution in [-0.2, 0) is 0 Å². The van der Waals surface area contributed by atoms with E-state index in [2.05, 4.69) is 27.4 Å². The van der Waals surface area contributed by atoms with E-state index in [1.165, 1.54) is 0 Å². The molecule has 7 atom stereocenters. The molecular weight excluding hydrogens is 288 g/mol. The minimum absolute atomic E-state index is 0.0386. The van der Waals surface area contributed by atoms with Gasteiger partial charge in [0.1, 0.15) is 0 Å². The third-order valence-electron chi connectivity index (χ3n) is 7.88. The Labute approximate surface area is 140 Å². The molecule has 132 valence electrons. The fourth-order valence-corrected chi connectivity index (χ4v) is 6.92. The van der Waals surface area contributed by atoms with Gasteiger partial charge in [-0.25, -0.2) is 0 Å². The molecule has 0 heterocycles. The fraction of sp³-hybridized carbons (Fsp3) is 0.900. The van der Waals surface area contributed by atoms with E-state index < -0.39 is 11.7 Å². The smallest absolute Gasteiger partial charge is 0.0714 e. The number of fused-ring (bicyclic) bond motifs is 3. The van der Waals surface area contributed by atoms with E-state index in [1.807, 2.05) is 6.08 Å². The molecule has 0 bridgehead atoms. The molecule has 3 aliphatic rings. The van der Waals surface area contributed by atoms with Crippen LogP contribution in [0.3, 0.4) is 0 Å². The molecule has 0 saturated heterocycles. The number of rotatable bonds is 2.